The van der Waals surface area contributed by atoms with E-state index in [0.717, 1.165) is 5.92 Å². The fourth-order valence-electron chi connectivity index (χ4n) is 2.40. The number of alkyl halides is 1. The maximum atomic E-state index is 5.85. The van der Waals surface area contributed by atoms with Gasteiger partial charge in [-0.1, -0.05) is 41.2 Å². The molecule has 0 N–H and O–H groups in total. The van der Waals surface area contributed by atoms with Crippen molar-refractivity contribution in [1.82, 2.24) is 0 Å². The molecule has 0 aromatic rings. The summed E-state index contributed by atoms with van der Waals surface area (Å²) in [5, 5.41) is 0. The molecule has 1 aliphatic heterocycles. The largest absolute Gasteiger partial charge is 0.364 e. The van der Waals surface area contributed by atoms with Crippen LogP contribution in [0.1, 0.15) is 26.7 Å². The Morgan fingerprint density at radius 3 is 3.00 bits per heavy atom. The fraction of sp³-hybridized carbons (Fsp3) is 0.800. The van der Waals surface area contributed by atoms with Crippen molar-refractivity contribution >= 4 is 22.6 Å². The van der Waals surface area contributed by atoms with Gasteiger partial charge in [0, 0.05) is 5.92 Å². The summed E-state index contributed by atoms with van der Waals surface area (Å²) in [6.07, 6.45) is 5.38. The Bertz CT molecular complexity index is 212. The minimum absolute atomic E-state index is 0.450. The number of halogens is 1. The highest BCUT2D eigenvalue weighted by Gasteiger charge is 2.37. The quantitative estimate of drug-likeness (QED) is 0.376. The Kier molecular flexibility index (Phi) is 2.47. The van der Waals surface area contributed by atoms with Crippen molar-refractivity contribution in [2.75, 3.05) is 0 Å². The van der Waals surface area contributed by atoms with Gasteiger partial charge >= 0.3 is 0 Å². The summed E-state index contributed by atoms with van der Waals surface area (Å²) >= 11 is 2.40. The molecule has 4 atom stereocenters. The molecule has 2 heteroatoms. The van der Waals surface area contributed by atoms with Gasteiger partial charge in [0.1, 0.15) is 4.11 Å². The zero-order chi connectivity index (χ0) is 8.72. The smallest absolute Gasteiger partial charge is 0.109 e. The highest BCUT2D eigenvalue weighted by Crippen LogP contribution is 2.41. The molecule has 68 valence electrons. The number of hydrogen-bond acceptors (Lipinski definition) is 1. The highest BCUT2D eigenvalue weighted by atomic mass is 127. The molecular formula is C10H15IO. The van der Waals surface area contributed by atoms with E-state index in [1.807, 2.05) is 0 Å². The molecule has 0 aromatic heterocycles. The van der Waals surface area contributed by atoms with Crippen LogP contribution in [-0.4, -0.2) is 10.2 Å². The third-order valence-electron chi connectivity index (χ3n) is 2.95. The van der Waals surface area contributed by atoms with Gasteiger partial charge in [-0.3, -0.25) is 0 Å². The van der Waals surface area contributed by atoms with Crippen molar-refractivity contribution in [1.29, 1.82) is 0 Å². The topological polar surface area (TPSA) is 9.23 Å². The lowest BCUT2D eigenvalue weighted by atomic mass is 9.81. The first-order valence-electron chi connectivity index (χ1n) is 4.64. The molecule has 2 rings (SSSR count). The van der Waals surface area contributed by atoms with Crippen LogP contribution in [0.5, 0.6) is 0 Å². The second kappa shape index (κ2) is 3.29. The van der Waals surface area contributed by atoms with Crippen LogP contribution in [-0.2, 0) is 4.74 Å². The van der Waals surface area contributed by atoms with Crippen molar-refractivity contribution in [2.45, 2.75) is 36.9 Å². The molecule has 0 radical (unpaired) electrons. The summed E-state index contributed by atoms with van der Waals surface area (Å²) in [5.41, 5.74) is 1.55. The molecule has 1 heterocycles. The van der Waals surface area contributed by atoms with E-state index in [-0.39, 0.29) is 0 Å². The molecule has 0 bridgehead atoms. The van der Waals surface area contributed by atoms with Crippen LogP contribution in [0.4, 0.5) is 0 Å². The highest BCUT2D eigenvalue weighted by molar-refractivity contribution is 14.1. The zero-order valence-electron chi connectivity index (χ0n) is 7.59. The van der Waals surface area contributed by atoms with E-state index in [0.29, 0.717) is 16.1 Å². The molecule has 1 fully saturated rings. The number of fused-ring (bicyclic) bond motifs is 1. The van der Waals surface area contributed by atoms with E-state index >= 15 is 0 Å². The van der Waals surface area contributed by atoms with Gasteiger partial charge in [-0.15, -0.1) is 0 Å². The van der Waals surface area contributed by atoms with Crippen LogP contribution >= 0.6 is 22.6 Å². The van der Waals surface area contributed by atoms with E-state index in [1.165, 1.54) is 12.8 Å². The van der Waals surface area contributed by atoms with Crippen LogP contribution in [0.2, 0.25) is 0 Å². The molecule has 1 nitrogen and oxygen atoms in total. The predicted molar refractivity (Wildman–Crippen MR) is 58.3 cm³/mol. The van der Waals surface area contributed by atoms with E-state index < -0.39 is 0 Å². The minimum Gasteiger partial charge on any atom is -0.364 e. The second-order valence-electron chi connectivity index (χ2n) is 4.05. The first kappa shape index (κ1) is 9.00. The maximum Gasteiger partial charge on any atom is 0.109 e. The summed E-state index contributed by atoms with van der Waals surface area (Å²) in [7, 11) is 0. The Morgan fingerprint density at radius 1 is 1.50 bits per heavy atom. The molecule has 12 heavy (non-hydrogen) atoms. The summed E-state index contributed by atoms with van der Waals surface area (Å²) < 4.78 is 6.30. The van der Waals surface area contributed by atoms with Crippen molar-refractivity contribution in [3.63, 3.8) is 0 Å². The van der Waals surface area contributed by atoms with Crippen LogP contribution in [0.15, 0.2) is 11.6 Å². The molecule has 4 unspecified atom stereocenters. The molecule has 2 aliphatic rings. The number of hydrogen-bond donors (Lipinski definition) is 0. The molecule has 1 aliphatic carbocycles. The lowest BCUT2D eigenvalue weighted by Crippen LogP contribution is -2.24. The summed E-state index contributed by atoms with van der Waals surface area (Å²) in [6.45, 7) is 4.54. The van der Waals surface area contributed by atoms with Gasteiger partial charge in [-0.25, -0.2) is 0 Å². The van der Waals surface area contributed by atoms with Crippen molar-refractivity contribution in [3.05, 3.63) is 11.6 Å². The van der Waals surface area contributed by atoms with Crippen molar-refractivity contribution in [2.24, 2.45) is 11.8 Å². The lowest BCUT2D eigenvalue weighted by molar-refractivity contribution is 0.0696. The monoisotopic (exact) mass is 278 g/mol. The SMILES string of the molecule is CC1=CC(C)CC2OC(I)CC12. The van der Waals surface area contributed by atoms with Gasteiger partial charge in [0.15, 0.2) is 0 Å². The van der Waals surface area contributed by atoms with Crippen molar-refractivity contribution < 1.29 is 4.74 Å². The molecule has 0 saturated carbocycles. The van der Waals surface area contributed by atoms with Gasteiger partial charge in [0.2, 0.25) is 0 Å². The van der Waals surface area contributed by atoms with Gasteiger partial charge in [-0.05, 0) is 25.7 Å². The van der Waals surface area contributed by atoms with E-state index in [9.17, 15) is 0 Å². The summed E-state index contributed by atoms with van der Waals surface area (Å²) in [5.74, 6) is 1.44. The van der Waals surface area contributed by atoms with Crippen LogP contribution in [0.25, 0.3) is 0 Å². The normalized spacial score (nSPS) is 47.1. The molecule has 0 spiro atoms. The minimum atomic E-state index is 0.450. The average molecular weight is 278 g/mol. The zero-order valence-corrected chi connectivity index (χ0v) is 9.74. The standard InChI is InChI=1S/C10H15IO/c1-6-3-7(2)8-5-10(11)12-9(8)4-6/h3,6,8-10H,4-5H2,1-2H3. The Morgan fingerprint density at radius 2 is 2.25 bits per heavy atom. The first-order chi connectivity index (χ1) is 5.66. The predicted octanol–water partition coefficient (Wildman–Crippen LogP) is 3.14. The number of ether oxygens (including phenoxy) is 1. The third kappa shape index (κ3) is 1.55. The number of allylic oxidation sites excluding steroid dienone is 1. The summed E-state index contributed by atoms with van der Waals surface area (Å²) in [4.78, 5) is 0. The molecule has 0 aromatic carbocycles. The van der Waals surface area contributed by atoms with E-state index in [4.69, 9.17) is 4.74 Å². The Labute approximate surface area is 87.7 Å². The second-order valence-corrected chi connectivity index (χ2v) is 5.44. The average Bonchev–Trinajstić information content (AvgIpc) is 2.29. The molecular weight excluding hydrogens is 263 g/mol. The van der Waals surface area contributed by atoms with Crippen LogP contribution < -0.4 is 0 Å². The summed E-state index contributed by atoms with van der Waals surface area (Å²) in [6, 6.07) is 0. The molecule has 1 saturated heterocycles. The Balaban J connectivity index is 2.17. The van der Waals surface area contributed by atoms with E-state index in [1.54, 1.807) is 5.57 Å². The first-order valence-corrected chi connectivity index (χ1v) is 5.89. The maximum absolute atomic E-state index is 5.85. The molecule has 0 amide bonds. The van der Waals surface area contributed by atoms with Crippen molar-refractivity contribution in [3.8, 4) is 0 Å². The lowest BCUT2D eigenvalue weighted by Gasteiger charge is -2.27. The Hall–Kier alpha value is 0.430. The van der Waals surface area contributed by atoms with Gasteiger partial charge in [0.25, 0.3) is 0 Å². The third-order valence-corrected chi connectivity index (χ3v) is 3.75. The van der Waals surface area contributed by atoms with Gasteiger partial charge in [0.05, 0.1) is 6.10 Å². The number of rotatable bonds is 0. The fourth-order valence-corrected chi connectivity index (χ4v) is 3.32. The van der Waals surface area contributed by atoms with Gasteiger partial charge < -0.3 is 4.74 Å². The van der Waals surface area contributed by atoms with Crippen LogP contribution in [0, 0.1) is 11.8 Å². The van der Waals surface area contributed by atoms with Crippen LogP contribution in [0.3, 0.4) is 0 Å². The van der Waals surface area contributed by atoms with E-state index in [2.05, 4.69) is 42.5 Å². The van der Waals surface area contributed by atoms with Gasteiger partial charge in [-0.2, -0.15) is 0 Å².